The van der Waals surface area contributed by atoms with E-state index in [1.807, 2.05) is 32.1 Å². The first kappa shape index (κ1) is 18.4. The standard InChI is InChI=1S/C15H12N4OS.C4H8/c1-3-6-16-10-5-7-17-14-11(10)12-13(21-14)15(20)19(8-4-2)9-18-12;1-3-4-2/h1,4-5,7,9H,2,6,8H2,(H,16,17);3-4H,1-2H3/b;4-3+. The van der Waals surface area contributed by atoms with Gasteiger partial charge in [0.1, 0.15) is 9.53 Å². The number of nitrogens with one attached hydrogen (secondary N) is 1. The highest BCUT2D eigenvalue weighted by Crippen LogP contribution is 2.33. The number of pyridine rings is 1. The number of hydrogen-bond acceptors (Lipinski definition) is 5. The molecule has 0 radical (unpaired) electrons. The molecule has 0 fully saturated rings. The van der Waals surface area contributed by atoms with Gasteiger partial charge in [-0.3, -0.25) is 9.36 Å². The lowest BCUT2D eigenvalue weighted by molar-refractivity contribution is 0.770. The van der Waals surface area contributed by atoms with Crippen molar-refractivity contribution < 1.29 is 0 Å². The number of rotatable bonds is 4. The van der Waals surface area contributed by atoms with E-state index in [-0.39, 0.29) is 5.56 Å². The average Bonchev–Trinajstić information content (AvgIpc) is 3.03. The molecule has 3 aromatic heterocycles. The van der Waals surface area contributed by atoms with E-state index in [9.17, 15) is 4.79 Å². The quantitative estimate of drug-likeness (QED) is 0.573. The topological polar surface area (TPSA) is 59.8 Å². The first-order chi connectivity index (χ1) is 12.2. The summed E-state index contributed by atoms with van der Waals surface area (Å²) in [5.74, 6) is 2.53. The van der Waals surface area contributed by atoms with Crippen LogP contribution in [0.5, 0.6) is 0 Å². The Labute approximate surface area is 150 Å². The fraction of sp³-hybridized carbons (Fsp3) is 0.211. The summed E-state index contributed by atoms with van der Waals surface area (Å²) in [5, 5.41) is 3.98. The Morgan fingerprint density at radius 2 is 2.16 bits per heavy atom. The molecule has 128 valence electrons. The number of anilines is 1. The van der Waals surface area contributed by atoms with Crippen molar-refractivity contribution in [2.75, 3.05) is 11.9 Å². The Balaban J connectivity index is 0.000000511. The maximum atomic E-state index is 12.4. The van der Waals surface area contributed by atoms with E-state index in [1.54, 1.807) is 12.3 Å². The Kier molecular flexibility index (Phi) is 6.49. The SMILES string of the molecule is C#CCNc1ccnc2sc3c(=O)n(CC=C)cnc3c12.C/C=C/C. The number of allylic oxidation sites excluding steroid dienone is 3. The molecule has 0 spiro atoms. The molecule has 0 saturated carbocycles. The minimum atomic E-state index is -0.0780. The van der Waals surface area contributed by atoms with E-state index in [0.29, 0.717) is 23.3 Å². The van der Waals surface area contributed by atoms with Crippen LogP contribution < -0.4 is 10.9 Å². The van der Waals surface area contributed by atoms with Crippen LogP contribution in [0.25, 0.3) is 20.4 Å². The van der Waals surface area contributed by atoms with Crippen molar-refractivity contribution in [1.82, 2.24) is 14.5 Å². The summed E-state index contributed by atoms with van der Waals surface area (Å²) in [7, 11) is 0. The van der Waals surface area contributed by atoms with Crippen LogP contribution in [0.3, 0.4) is 0 Å². The summed E-state index contributed by atoms with van der Waals surface area (Å²) >= 11 is 1.34. The fourth-order valence-electron chi connectivity index (χ4n) is 2.15. The second-order valence-electron chi connectivity index (χ2n) is 5.03. The predicted octanol–water partition coefficient (Wildman–Crippen LogP) is 3.82. The molecule has 25 heavy (non-hydrogen) atoms. The van der Waals surface area contributed by atoms with Crippen LogP contribution in [0.15, 0.2) is 48.2 Å². The molecule has 0 unspecified atom stereocenters. The van der Waals surface area contributed by atoms with Gasteiger partial charge in [0.05, 0.1) is 23.8 Å². The van der Waals surface area contributed by atoms with Crippen LogP contribution in [-0.4, -0.2) is 21.1 Å². The van der Waals surface area contributed by atoms with Gasteiger partial charge in [0.25, 0.3) is 5.56 Å². The zero-order valence-electron chi connectivity index (χ0n) is 14.3. The lowest BCUT2D eigenvalue weighted by atomic mass is 10.2. The van der Waals surface area contributed by atoms with Gasteiger partial charge < -0.3 is 5.32 Å². The number of terminal acetylenes is 1. The third kappa shape index (κ3) is 3.95. The molecular formula is C19H20N4OS. The first-order valence-corrected chi connectivity index (χ1v) is 8.61. The maximum Gasteiger partial charge on any atom is 0.271 e. The lowest BCUT2D eigenvalue weighted by Gasteiger charge is -2.04. The van der Waals surface area contributed by atoms with Crippen molar-refractivity contribution in [3.05, 3.63) is 53.8 Å². The van der Waals surface area contributed by atoms with Crippen LogP contribution in [0, 0.1) is 12.3 Å². The Hall–Kier alpha value is -2.91. The molecule has 0 aromatic carbocycles. The van der Waals surface area contributed by atoms with Crippen LogP contribution in [0.2, 0.25) is 0 Å². The van der Waals surface area contributed by atoms with Crippen LogP contribution >= 0.6 is 11.3 Å². The lowest BCUT2D eigenvalue weighted by Crippen LogP contribution is -2.18. The van der Waals surface area contributed by atoms with Gasteiger partial charge in [-0.05, 0) is 19.9 Å². The molecule has 0 aliphatic heterocycles. The van der Waals surface area contributed by atoms with Gasteiger partial charge in [0.15, 0.2) is 0 Å². The Bertz CT molecular complexity index is 1000. The summed E-state index contributed by atoms with van der Waals surface area (Å²) in [6.07, 6.45) is 14.2. The molecule has 0 aliphatic rings. The third-order valence-electron chi connectivity index (χ3n) is 3.39. The minimum absolute atomic E-state index is 0.0780. The fourth-order valence-corrected chi connectivity index (χ4v) is 3.22. The summed E-state index contributed by atoms with van der Waals surface area (Å²) in [6.45, 7) is 8.49. The molecule has 0 amide bonds. The predicted molar refractivity (Wildman–Crippen MR) is 107 cm³/mol. The Morgan fingerprint density at radius 1 is 1.40 bits per heavy atom. The number of hydrogen-bond donors (Lipinski definition) is 1. The van der Waals surface area contributed by atoms with Crippen LogP contribution in [0.1, 0.15) is 13.8 Å². The molecule has 3 heterocycles. The molecule has 0 atom stereocenters. The highest BCUT2D eigenvalue weighted by atomic mass is 32.1. The van der Waals surface area contributed by atoms with Gasteiger partial charge in [-0.15, -0.1) is 24.3 Å². The number of aromatic nitrogens is 3. The van der Waals surface area contributed by atoms with Crippen molar-refractivity contribution in [2.24, 2.45) is 0 Å². The highest BCUT2D eigenvalue weighted by Gasteiger charge is 2.14. The second-order valence-corrected chi connectivity index (χ2v) is 6.03. The summed E-state index contributed by atoms with van der Waals surface area (Å²) in [6, 6.07) is 1.84. The monoisotopic (exact) mass is 352 g/mol. The van der Waals surface area contributed by atoms with Gasteiger partial charge in [-0.2, -0.15) is 0 Å². The molecule has 1 N–H and O–H groups in total. The normalized spacial score (nSPS) is 10.4. The molecule has 5 nitrogen and oxygen atoms in total. The van der Waals surface area contributed by atoms with Crippen molar-refractivity contribution >= 4 is 37.5 Å². The van der Waals surface area contributed by atoms with Crippen molar-refractivity contribution in [1.29, 1.82) is 0 Å². The van der Waals surface area contributed by atoms with E-state index >= 15 is 0 Å². The van der Waals surface area contributed by atoms with E-state index in [4.69, 9.17) is 6.42 Å². The molecular weight excluding hydrogens is 332 g/mol. The van der Waals surface area contributed by atoms with E-state index in [2.05, 4.69) is 27.8 Å². The van der Waals surface area contributed by atoms with Gasteiger partial charge in [0, 0.05) is 18.4 Å². The first-order valence-electron chi connectivity index (χ1n) is 7.80. The Morgan fingerprint density at radius 3 is 2.80 bits per heavy atom. The molecule has 0 aliphatic carbocycles. The molecule has 3 aromatic rings. The summed E-state index contributed by atoms with van der Waals surface area (Å²) in [5.41, 5.74) is 1.43. The summed E-state index contributed by atoms with van der Waals surface area (Å²) < 4.78 is 2.12. The van der Waals surface area contributed by atoms with E-state index < -0.39 is 0 Å². The van der Waals surface area contributed by atoms with Gasteiger partial charge in [-0.25, -0.2) is 9.97 Å². The van der Waals surface area contributed by atoms with Crippen LogP contribution in [0.4, 0.5) is 5.69 Å². The van der Waals surface area contributed by atoms with E-state index in [0.717, 1.165) is 15.9 Å². The van der Waals surface area contributed by atoms with Crippen LogP contribution in [-0.2, 0) is 6.54 Å². The molecule has 0 saturated heterocycles. The molecule has 3 rings (SSSR count). The number of fused-ring (bicyclic) bond motifs is 3. The number of nitrogens with zero attached hydrogens (tertiary/aromatic N) is 3. The smallest absolute Gasteiger partial charge is 0.271 e. The number of thiophene rings is 1. The summed E-state index contributed by atoms with van der Waals surface area (Å²) in [4.78, 5) is 21.9. The van der Waals surface area contributed by atoms with Crippen molar-refractivity contribution in [3.8, 4) is 12.3 Å². The minimum Gasteiger partial charge on any atom is -0.373 e. The largest absolute Gasteiger partial charge is 0.373 e. The average molecular weight is 352 g/mol. The van der Waals surface area contributed by atoms with Gasteiger partial charge >= 0.3 is 0 Å². The zero-order chi connectivity index (χ0) is 18.2. The maximum absolute atomic E-state index is 12.4. The van der Waals surface area contributed by atoms with Crippen molar-refractivity contribution in [2.45, 2.75) is 20.4 Å². The van der Waals surface area contributed by atoms with Crippen molar-refractivity contribution in [3.63, 3.8) is 0 Å². The molecule has 6 heteroatoms. The van der Waals surface area contributed by atoms with Gasteiger partial charge in [0.2, 0.25) is 0 Å². The van der Waals surface area contributed by atoms with Gasteiger partial charge in [-0.1, -0.05) is 24.1 Å². The highest BCUT2D eigenvalue weighted by molar-refractivity contribution is 7.25. The van der Waals surface area contributed by atoms with E-state index in [1.165, 1.54) is 22.2 Å². The second kappa shape index (κ2) is 8.81. The molecule has 0 bridgehead atoms. The zero-order valence-corrected chi connectivity index (χ0v) is 15.1. The third-order valence-corrected chi connectivity index (χ3v) is 4.46.